The number of nitriles is 1. The number of hydrogen-bond donors (Lipinski definition) is 4. The van der Waals surface area contributed by atoms with Crippen molar-refractivity contribution in [3.8, 4) is 6.07 Å². The molecule has 3 aromatic heterocycles. The van der Waals surface area contributed by atoms with Crippen LogP contribution in [0.5, 0.6) is 0 Å². The van der Waals surface area contributed by atoms with Crippen LogP contribution in [0.25, 0.3) is 10.9 Å². The van der Waals surface area contributed by atoms with Gasteiger partial charge in [-0.1, -0.05) is 0 Å². The number of rotatable bonds is 7. The number of fused-ring (bicyclic) bond motifs is 1. The number of anilines is 3. The van der Waals surface area contributed by atoms with Crippen molar-refractivity contribution in [3.63, 3.8) is 0 Å². The van der Waals surface area contributed by atoms with E-state index >= 15 is 0 Å². The van der Waals surface area contributed by atoms with Crippen LogP contribution in [0.2, 0.25) is 0 Å². The van der Waals surface area contributed by atoms with E-state index in [0.29, 0.717) is 18.5 Å². The highest BCUT2D eigenvalue weighted by Gasteiger charge is 2.21. The van der Waals surface area contributed by atoms with Gasteiger partial charge in [-0.05, 0) is 44.7 Å². The number of aryl methyl sites for hydroxylation is 1. The van der Waals surface area contributed by atoms with Crippen molar-refractivity contribution in [2.45, 2.75) is 51.1 Å². The maximum absolute atomic E-state index is 8.68. The highest BCUT2D eigenvalue weighted by atomic mass is 15.2. The summed E-state index contributed by atoms with van der Waals surface area (Å²) in [5, 5.41) is 27.2. The normalized spacial score (nSPS) is 19.0. The Morgan fingerprint density at radius 2 is 2.00 bits per heavy atom. The molecule has 0 saturated heterocycles. The second-order valence-electron chi connectivity index (χ2n) is 7.54. The first-order valence-corrected chi connectivity index (χ1v) is 10.1. The molecule has 0 atom stereocenters. The van der Waals surface area contributed by atoms with Crippen LogP contribution in [0.1, 0.15) is 37.8 Å². The first-order valence-electron chi connectivity index (χ1n) is 10.1. The fourth-order valence-corrected chi connectivity index (χ4v) is 3.83. The number of aromatic amines is 1. The molecule has 0 bridgehead atoms. The Morgan fingerprint density at radius 3 is 2.76 bits per heavy atom. The standard InChI is InChI=1S/C21H26N8/c1-14-12-20(29-28-14)26-19-13-18-17(4-2-10-24-18)21(27-19)25-16-7-5-15(6-8-16)23-11-3-9-22/h2,4,10,12-13,15-16,23H,3,5-8,11H2,1H3,(H3,25,26,27,28,29). The molecule has 4 rings (SSSR count). The van der Waals surface area contributed by atoms with Gasteiger partial charge in [-0.15, -0.1) is 0 Å². The molecule has 3 heterocycles. The van der Waals surface area contributed by atoms with Crippen molar-refractivity contribution in [1.82, 2.24) is 25.5 Å². The third-order valence-corrected chi connectivity index (χ3v) is 5.30. The zero-order valence-electron chi connectivity index (χ0n) is 16.6. The molecule has 8 heteroatoms. The Kier molecular flexibility index (Phi) is 5.86. The van der Waals surface area contributed by atoms with Crippen LogP contribution in [0.3, 0.4) is 0 Å². The molecule has 0 aliphatic heterocycles. The average Bonchev–Trinajstić information content (AvgIpc) is 3.14. The minimum atomic E-state index is 0.378. The van der Waals surface area contributed by atoms with E-state index in [1.165, 1.54) is 0 Å². The topological polar surface area (TPSA) is 114 Å². The molecule has 0 amide bonds. The third kappa shape index (κ3) is 4.81. The molecular weight excluding hydrogens is 364 g/mol. The van der Waals surface area contributed by atoms with E-state index in [0.717, 1.165) is 66.3 Å². The van der Waals surface area contributed by atoms with Gasteiger partial charge in [0.2, 0.25) is 0 Å². The summed E-state index contributed by atoms with van der Waals surface area (Å²) in [6.07, 6.45) is 6.71. The van der Waals surface area contributed by atoms with E-state index in [9.17, 15) is 0 Å². The average molecular weight is 390 g/mol. The van der Waals surface area contributed by atoms with Gasteiger partial charge in [0, 0.05) is 54.5 Å². The van der Waals surface area contributed by atoms with Crippen molar-refractivity contribution in [2.24, 2.45) is 0 Å². The van der Waals surface area contributed by atoms with Crippen molar-refractivity contribution in [2.75, 3.05) is 17.2 Å². The number of nitrogens with one attached hydrogen (secondary N) is 4. The molecule has 1 aliphatic carbocycles. The van der Waals surface area contributed by atoms with E-state index < -0.39 is 0 Å². The predicted octanol–water partition coefficient (Wildman–Crippen LogP) is 3.63. The van der Waals surface area contributed by atoms with Crippen LogP contribution in [-0.2, 0) is 0 Å². The van der Waals surface area contributed by atoms with Crippen molar-refractivity contribution < 1.29 is 0 Å². The Hall–Kier alpha value is -3.18. The number of hydrogen-bond acceptors (Lipinski definition) is 7. The predicted molar refractivity (Wildman–Crippen MR) is 114 cm³/mol. The Labute approximate surface area is 170 Å². The van der Waals surface area contributed by atoms with E-state index in [4.69, 9.17) is 10.2 Å². The molecule has 8 nitrogen and oxygen atoms in total. The molecule has 0 spiro atoms. The van der Waals surface area contributed by atoms with Gasteiger partial charge in [-0.25, -0.2) is 4.98 Å². The molecule has 0 aromatic carbocycles. The summed E-state index contributed by atoms with van der Waals surface area (Å²) in [5.74, 6) is 2.31. The van der Waals surface area contributed by atoms with Gasteiger partial charge in [0.15, 0.2) is 5.82 Å². The van der Waals surface area contributed by atoms with E-state index in [1.54, 1.807) is 6.20 Å². The quantitative estimate of drug-likeness (QED) is 0.455. The largest absolute Gasteiger partial charge is 0.367 e. The van der Waals surface area contributed by atoms with Crippen LogP contribution in [0.15, 0.2) is 30.5 Å². The number of pyridine rings is 2. The molecule has 0 unspecified atom stereocenters. The van der Waals surface area contributed by atoms with E-state index in [1.807, 2.05) is 25.1 Å². The highest BCUT2D eigenvalue weighted by molar-refractivity contribution is 5.91. The summed E-state index contributed by atoms with van der Waals surface area (Å²) >= 11 is 0. The fraction of sp³-hybridized carbons (Fsp3) is 0.429. The lowest BCUT2D eigenvalue weighted by Crippen LogP contribution is -2.37. The summed E-state index contributed by atoms with van der Waals surface area (Å²) in [4.78, 5) is 9.32. The van der Waals surface area contributed by atoms with Gasteiger partial charge >= 0.3 is 0 Å². The molecule has 1 aliphatic rings. The van der Waals surface area contributed by atoms with Crippen molar-refractivity contribution >= 4 is 28.4 Å². The molecule has 150 valence electrons. The summed E-state index contributed by atoms with van der Waals surface area (Å²) in [7, 11) is 0. The first kappa shape index (κ1) is 19.2. The first-order chi connectivity index (χ1) is 14.2. The number of H-pyrrole nitrogens is 1. The van der Waals surface area contributed by atoms with Gasteiger partial charge in [0.1, 0.15) is 11.6 Å². The van der Waals surface area contributed by atoms with Crippen LogP contribution in [-0.4, -0.2) is 38.8 Å². The molecule has 0 radical (unpaired) electrons. The number of aromatic nitrogens is 4. The van der Waals surface area contributed by atoms with Gasteiger partial charge in [-0.3, -0.25) is 10.1 Å². The lowest BCUT2D eigenvalue weighted by molar-refractivity contribution is 0.356. The smallest absolute Gasteiger partial charge is 0.153 e. The maximum Gasteiger partial charge on any atom is 0.153 e. The number of nitrogens with zero attached hydrogens (tertiary/aromatic N) is 4. The lowest BCUT2D eigenvalue weighted by atomic mass is 9.91. The van der Waals surface area contributed by atoms with Crippen LogP contribution in [0, 0.1) is 18.3 Å². The molecule has 3 aromatic rings. The van der Waals surface area contributed by atoms with E-state index in [2.05, 4.69) is 43.3 Å². The molecular formula is C21H26N8. The summed E-state index contributed by atoms with van der Waals surface area (Å²) in [6, 6.07) is 10.9. The zero-order valence-corrected chi connectivity index (χ0v) is 16.6. The lowest BCUT2D eigenvalue weighted by Gasteiger charge is -2.30. The summed E-state index contributed by atoms with van der Waals surface area (Å²) in [5.41, 5.74) is 1.89. The molecule has 1 fully saturated rings. The summed E-state index contributed by atoms with van der Waals surface area (Å²) in [6.45, 7) is 2.74. The third-order valence-electron chi connectivity index (χ3n) is 5.30. The summed E-state index contributed by atoms with van der Waals surface area (Å²) < 4.78 is 0. The van der Waals surface area contributed by atoms with Crippen molar-refractivity contribution in [1.29, 1.82) is 5.26 Å². The zero-order chi connectivity index (χ0) is 20.1. The van der Waals surface area contributed by atoms with E-state index in [-0.39, 0.29) is 0 Å². The second kappa shape index (κ2) is 8.88. The molecule has 4 N–H and O–H groups in total. The fourth-order valence-electron chi connectivity index (χ4n) is 3.83. The van der Waals surface area contributed by atoms with Crippen LogP contribution < -0.4 is 16.0 Å². The van der Waals surface area contributed by atoms with Crippen LogP contribution in [0.4, 0.5) is 17.5 Å². The van der Waals surface area contributed by atoms with Gasteiger partial charge < -0.3 is 16.0 Å². The maximum atomic E-state index is 8.68. The van der Waals surface area contributed by atoms with Gasteiger partial charge in [-0.2, -0.15) is 10.4 Å². The monoisotopic (exact) mass is 390 g/mol. The SMILES string of the molecule is Cc1cc(Nc2cc3ncccc3c(NC3CCC(NCCC#N)CC3)n2)n[nH]1. The van der Waals surface area contributed by atoms with Crippen LogP contribution >= 0.6 is 0 Å². The van der Waals surface area contributed by atoms with Crippen molar-refractivity contribution in [3.05, 3.63) is 36.2 Å². The minimum Gasteiger partial charge on any atom is -0.367 e. The minimum absolute atomic E-state index is 0.378. The Bertz CT molecular complexity index is 997. The second-order valence-corrected chi connectivity index (χ2v) is 7.54. The Morgan fingerprint density at radius 1 is 1.17 bits per heavy atom. The van der Waals surface area contributed by atoms with Gasteiger partial charge in [0.25, 0.3) is 0 Å². The molecule has 1 saturated carbocycles. The Balaban J connectivity index is 1.47. The highest BCUT2D eigenvalue weighted by Crippen LogP contribution is 2.28. The van der Waals surface area contributed by atoms with Gasteiger partial charge in [0.05, 0.1) is 11.6 Å². The molecule has 29 heavy (non-hydrogen) atoms.